The summed E-state index contributed by atoms with van der Waals surface area (Å²) in [7, 11) is 1.71. The van der Waals surface area contributed by atoms with Gasteiger partial charge in [0.15, 0.2) is 5.96 Å². The number of rotatable bonds is 4. The van der Waals surface area contributed by atoms with E-state index in [1.165, 1.54) is 30.6 Å². The van der Waals surface area contributed by atoms with Gasteiger partial charge in [-0.25, -0.2) is 0 Å². The Morgan fingerprint density at radius 1 is 1.25 bits per heavy atom. The molecule has 1 heterocycles. The van der Waals surface area contributed by atoms with E-state index in [9.17, 15) is 13.2 Å². The van der Waals surface area contributed by atoms with Gasteiger partial charge in [-0.3, -0.25) is 9.89 Å². The summed E-state index contributed by atoms with van der Waals surface area (Å²) >= 11 is 0. The second kappa shape index (κ2) is 10.0. The fourth-order valence-corrected chi connectivity index (χ4v) is 3.72. The van der Waals surface area contributed by atoms with Crippen molar-refractivity contribution in [3.8, 4) is 0 Å². The summed E-state index contributed by atoms with van der Waals surface area (Å²) in [5.74, 6) is 2.17. The highest BCUT2D eigenvalue weighted by Crippen LogP contribution is 2.27. The molecule has 0 aromatic heterocycles. The Kier molecular flexibility index (Phi) is 9.11. The van der Waals surface area contributed by atoms with E-state index in [0.717, 1.165) is 18.9 Å². The van der Waals surface area contributed by atoms with E-state index in [4.69, 9.17) is 0 Å². The SMILES string of the molecule is CN=C(NCC1CCCC(C)C1)NC1CCN(CC(F)(F)F)C1.I. The molecule has 1 saturated heterocycles. The molecule has 142 valence electrons. The zero-order valence-corrected chi connectivity index (χ0v) is 16.9. The van der Waals surface area contributed by atoms with Crippen molar-refractivity contribution < 1.29 is 13.2 Å². The molecule has 3 unspecified atom stereocenters. The molecule has 4 nitrogen and oxygen atoms in total. The van der Waals surface area contributed by atoms with Crippen LogP contribution in [0.1, 0.15) is 39.0 Å². The maximum Gasteiger partial charge on any atom is 0.401 e. The summed E-state index contributed by atoms with van der Waals surface area (Å²) in [6.07, 6.45) is 1.70. The van der Waals surface area contributed by atoms with Crippen LogP contribution in [0, 0.1) is 11.8 Å². The molecule has 2 N–H and O–H groups in total. The first-order valence-corrected chi connectivity index (χ1v) is 8.62. The van der Waals surface area contributed by atoms with Crippen molar-refractivity contribution in [1.82, 2.24) is 15.5 Å². The number of hydrogen-bond acceptors (Lipinski definition) is 2. The molecule has 0 aromatic carbocycles. The van der Waals surface area contributed by atoms with Gasteiger partial charge in [0, 0.05) is 32.7 Å². The molecule has 0 amide bonds. The highest BCUT2D eigenvalue weighted by Gasteiger charge is 2.34. The fraction of sp³-hybridized carbons (Fsp3) is 0.938. The van der Waals surface area contributed by atoms with Crippen LogP contribution in [0.5, 0.6) is 0 Å². The number of likely N-dealkylation sites (tertiary alicyclic amines) is 1. The third kappa shape index (κ3) is 7.76. The summed E-state index contributed by atoms with van der Waals surface area (Å²) in [6.45, 7) is 3.27. The van der Waals surface area contributed by atoms with Crippen molar-refractivity contribution in [1.29, 1.82) is 0 Å². The van der Waals surface area contributed by atoms with Gasteiger partial charge in [0.1, 0.15) is 0 Å². The van der Waals surface area contributed by atoms with Gasteiger partial charge in [-0.2, -0.15) is 13.2 Å². The molecule has 2 fully saturated rings. The van der Waals surface area contributed by atoms with Gasteiger partial charge < -0.3 is 10.6 Å². The van der Waals surface area contributed by atoms with E-state index in [2.05, 4.69) is 22.5 Å². The summed E-state index contributed by atoms with van der Waals surface area (Å²) in [5.41, 5.74) is 0. The Morgan fingerprint density at radius 3 is 2.62 bits per heavy atom. The van der Waals surface area contributed by atoms with Crippen molar-refractivity contribution in [2.45, 2.75) is 51.2 Å². The molecule has 2 rings (SSSR count). The number of hydrogen-bond donors (Lipinski definition) is 2. The Balaban J connectivity index is 0.00000288. The minimum atomic E-state index is -4.12. The topological polar surface area (TPSA) is 39.7 Å². The molecule has 2 aliphatic rings. The first-order valence-electron chi connectivity index (χ1n) is 8.62. The van der Waals surface area contributed by atoms with E-state index in [1.807, 2.05) is 0 Å². The lowest BCUT2D eigenvalue weighted by molar-refractivity contribution is -0.143. The van der Waals surface area contributed by atoms with Gasteiger partial charge in [0.05, 0.1) is 6.54 Å². The standard InChI is InChI=1S/C16H29F3N4.HI/c1-12-4-3-5-13(8-12)9-21-15(20-2)22-14-6-7-23(10-14)11-16(17,18)19;/h12-14H,3-11H2,1-2H3,(H2,20,21,22);1H. The minimum absolute atomic E-state index is 0. The van der Waals surface area contributed by atoms with E-state index in [-0.39, 0.29) is 30.0 Å². The molecule has 0 spiro atoms. The van der Waals surface area contributed by atoms with Crippen LogP contribution in [-0.4, -0.2) is 56.3 Å². The monoisotopic (exact) mass is 462 g/mol. The van der Waals surface area contributed by atoms with Crippen LogP contribution in [0.2, 0.25) is 0 Å². The summed E-state index contributed by atoms with van der Waals surface area (Å²) < 4.78 is 37.3. The number of aliphatic imine (C=N–C) groups is 1. The number of nitrogens with zero attached hydrogens (tertiary/aromatic N) is 2. The number of nitrogens with one attached hydrogen (secondary N) is 2. The Morgan fingerprint density at radius 2 is 2.00 bits per heavy atom. The van der Waals surface area contributed by atoms with Crippen molar-refractivity contribution in [2.24, 2.45) is 16.8 Å². The fourth-order valence-electron chi connectivity index (χ4n) is 3.72. The predicted octanol–water partition coefficient (Wildman–Crippen LogP) is 3.23. The lowest BCUT2D eigenvalue weighted by atomic mass is 9.82. The molecule has 0 bridgehead atoms. The van der Waals surface area contributed by atoms with Crippen LogP contribution in [0.25, 0.3) is 0 Å². The van der Waals surface area contributed by atoms with Crippen molar-refractivity contribution >= 4 is 29.9 Å². The number of halogens is 4. The van der Waals surface area contributed by atoms with Crippen LogP contribution < -0.4 is 10.6 Å². The Bertz CT molecular complexity index is 403. The maximum absolute atomic E-state index is 12.4. The minimum Gasteiger partial charge on any atom is -0.356 e. The van der Waals surface area contributed by atoms with Crippen molar-refractivity contribution in [2.75, 3.05) is 33.2 Å². The third-order valence-corrected chi connectivity index (χ3v) is 4.84. The Hall–Kier alpha value is -0.250. The zero-order chi connectivity index (χ0) is 16.9. The summed E-state index contributed by atoms with van der Waals surface area (Å²) in [4.78, 5) is 5.66. The highest BCUT2D eigenvalue weighted by molar-refractivity contribution is 14.0. The molecular formula is C16H30F3IN4. The van der Waals surface area contributed by atoms with E-state index < -0.39 is 12.7 Å². The largest absolute Gasteiger partial charge is 0.401 e. The second-order valence-corrected chi connectivity index (χ2v) is 7.07. The predicted molar refractivity (Wildman–Crippen MR) is 102 cm³/mol. The van der Waals surface area contributed by atoms with Gasteiger partial charge in [0.2, 0.25) is 0 Å². The molecule has 8 heteroatoms. The first-order chi connectivity index (χ1) is 10.9. The highest BCUT2D eigenvalue weighted by atomic mass is 127. The van der Waals surface area contributed by atoms with Gasteiger partial charge in [-0.05, 0) is 31.1 Å². The second-order valence-electron chi connectivity index (χ2n) is 7.07. The normalized spacial score (nSPS) is 29.2. The third-order valence-electron chi connectivity index (χ3n) is 4.84. The quantitative estimate of drug-likeness (QED) is 0.383. The van der Waals surface area contributed by atoms with Crippen LogP contribution in [0.4, 0.5) is 13.2 Å². The van der Waals surface area contributed by atoms with Crippen molar-refractivity contribution in [3.05, 3.63) is 0 Å². The molecule has 0 radical (unpaired) electrons. The van der Waals surface area contributed by atoms with Crippen LogP contribution >= 0.6 is 24.0 Å². The summed E-state index contributed by atoms with van der Waals surface area (Å²) in [6, 6.07) is 0.0360. The lowest BCUT2D eigenvalue weighted by Crippen LogP contribution is -2.46. The smallest absolute Gasteiger partial charge is 0.356 e. The van der Waals surface area contributed by atoms with Gasteiger partial charge >= 0.3 is 6.18 Å². The molecule has 24 heavy (non-hydrogen) atoms. The van der Waals surface area contributed by atoms with Crippen LogP contribution in [0.15, 0.2) is 4.99 Å². The van der Waals surface area contributed by atoms with Gasteiger partial charge in [-0.1, -0.05) is 19.8 Å². The number of guanidine groups is 1. The maximum atomic E-state index is 12.4. The van der Waals surface area contributed by atoms with E-state index in [1.54, 1.807) is 7.05 Å². The molecule has 1 aliphatic carbocycles. The van der Waals surface area contributed by atoms with Gasteiger partial charge in [0.25, 0.3) is 0 Å². The first kappa shape index (κ1) is 21.8. The average molecular weight is 462 g/mol. The Labute approximate surface area is 160 Å². The van der Waals surface area contributed by atoms with E-state index in [0.29, 0.717) is 25.0 Å². The zero-order valence-electron chi connectivity index (χ0n) is 14.5. The molecule has 3 atom stereocenters. The molecule has 0 aromatic rings. The molecular weight excluding hydrogens is 432 g/mol. The molecule has 1 saturated carbocycles. The lowest BCUT2D eigenvalue weighted by Gasteiger charge is -2.28. The van der Waals surface area contributed by atoms with E-state index >= 15 is 0 Å². The number of alkyl halides is 3. The summed E-state index contributed by atoms with van der Waals surface area (Å²) in [5, 5.41) is 6.61. The van der Waals surface area contributed by atoms with Crippen LogP contribution in [-0.2, 0) is 0 Å². The molecule has 1 aliphatic heterocycles. The van der Waals surface area contributed by atoms with Gasteiger partial charge in [-0.15, -0.1) is 24.0 Å². The van der Waals surface area contributed by atoms with Crippen LogP contribution in [0.3, 0.4) is 0 Å². The van der Waals surface area contributed by atoms with Crippen molar-refractivity contribution in [3.63, 3.8) is 0 Å². The average Bonchev–Trinajstić information content (AvgIpc) is 2.88.